The van der Waals surface area contributed by atoms with E-state index in [9.17, 15) is 9.90 Å². The molecule has 0 aromatic carbocycles. The highest BCUT2D eigenvalue weighted by Gasteiger charge is 2.66. The van der Waals surface area contributed by atoms with Crippen molar-refractivity contribution < 1.29 is 23.2 Å². The average Bonchev–Trinajstić information content (AvgIpc) is 3.05. The van der Waals surface area contributed by atoms with E-state index in [-0.39, 0.29) is 11.5 Å². The van der Waals surface area contributed by atoms with Gasteiger partial charge < -0.3 is 18.4 Å². The fourth-order valence-corrected chi connectivity index (χ4v) is 8.61. The summed E-state index contributed by atoms with van der Waals surface area (Å²) in [7, 11) is -2.75. The van der Waals surface area contributed by atoms with Crippen LogP contribution in [0.15, 0.2) is 0 Å². The Morgan fingerprint density at radius 3 is 1.96 bits per heavy atom. The minimum absolute atomic E-state index is 0.202. The standard InChI is InChI=1S/C18H33O5Si/c1-6-21-24(22-7-2,23-8-3)16-10-15-9-14(16)12-18(15,17(19)20)11-13(4)5/h14-16H,6-12H2,1-5H3,(H,19,20). The van der Waals surface area contributed by atoms with Crippen molar-refractivity contribution in [2.45, 2.75) is 65.8 Å². The number of carboxylic acids is 1. The Bertz CT molecular complexity index is 424. The first-order valence-corrected chi connectivity index (χ1v) is 11.1. The van der Waals surface area contributed by atoms with Crippen LogP contribution < -0.4 is 0 Å². The van der Waals surface area contributed by atoms with Crippen molar-refractivity contribution in [2.75, 3.05) is 19.8 Å². The zero-order valence-corrected chi connectivity index (χ0v) is 16.8. The topological polar surface area (TPSA) is 65.0 Å². The summed E-state index contributed by atoms with van der Waals surface area (Å²) in [5.74, 6) is 1.10. The van der Waals surface area contributed by atoms with Crippen molar-refractivity contribution in [3.63, 3.8) is 0 Å². The van der Waals surface area contributed by atoms with Crippen LogP contribution in [-0.2, 0) is 18.1 Å². The summed E-state index contributed by atoms with van der Waals surface area (Å²) >= 11 is 0. The van der Waals surface area contributed by atoms with E-state index in [0.29, 0.717) is 32.2 Å². The third-order valence-electron chi connectivity index (χ3n) is 5.69. The van der Waals surface area contributed by atoms with Crippen molar-refractivity contribution >= 4 is 14.8 Å². The average molecular weight is 358 g/mol. The minimum atomic E-state index is -2.75. The van der Waals surface area contributed by atoms with Crippen LogP contribution in [0.3, 0.4) is 0 Å². The summed E-state index contributed by atoms with van der Waals surface area (Å²) in [6, 6.07) is 0. The Labute approximate surface area is 147 Å². The second kappa shape index (κ2) is 7.85. The lowest BCUT2D eigenvalue weighted by Gasteiger charge is -2.42. The maximum absolute atomic E-state index is 12.1. The maximum Gasteiger partial charge on any atom is 0.504 e. The highest BCUT2D eigenvalue weighted by atomic mass is 28.4. The molecule has 4 unspecified atom stereocenters. The largest absolute Gasteiger partial charge is 0.504 e. The molecule has 0 aromatic heterocycles. The Hall–Kier alpha value is -0.433. The predicted octanol–water partition coefficient (Wildman–Crippen LogP) is 3.91. The Kier molecular flexibility index (Phi) is 6.50. The Morgan fingerprint density at radius 2 is 1.62 bits per heavy atom. The summed E-state index contributed by atoms with van der Waals surface area (Å²) in [4.78, 5) is 12.1. The van der Waals surface area contributed by atoms with E-state index < -0.39 is 20.2 Å². The lowest BCUT2D eigenvalue weighted by molar-refractivity contribution is -0.153. The van der Waals surface area contributed by atoms with Crippen molar-refractivity contribution in [1.29, 1.82) is 0 Å². The smallest absolute Gasteiger partial charge is 0.481 e. The molecule has 0 aromatic rings. The van der Waals surface area contributed by atoms with E-state index in [4.69, 9.17) is 13.3 Å². The van der Waals surface area contributed by atoms with Gasteiger partial charge in [-0.05, 0) is 64.2 Å². The van der Waals surface area contributed by atoms with Crippen LogP contribution in [0.4, 0.5) is 0 Å². The van der Waals surface area contributed by atoms with Crippen LogP contribution in [0.5, 0.6) is 0 Å². The summed E-state index contributed by atoms with van der Waals surface area (Å²) in [5, 5.41) is 9.94. The number of hydrogen-bond donors (Lipinski definition) is 1. The summed E-state index contributed by atoms with van der Waals surface area (Å²) in [5.41, 5.74) is -0.350. The molecule has 0 saturated heterocycles. The van der Waals surface area contributed by atoms with Gasteiger partial charge in [-0.2, -0.15) is 0 Å². The second-order valence-corrected chi connectivity index (χ2v) is 10.3. The summed E-state index contributed by atoms with van der Waals surface area (Å²) in [6.07, 6.45) is 3.23. The molecule has 0 spiro atoms. The van der Waals surface area contributed by atoms with Gasteiger partial charge in [0.2, 0.25) is 0 Å². The molecular formula is C18H33O5Si. The van der Waals surface area contributed by atoms with Gasteiger partial charge in [-0.15, -0.1) is 0 Å². The molecule has 2 fully saturated rings. The minimum Gasteiger partial charge on any atom is -0.481 e. The van der Waals surface area contributed by atoms with Gasteiger partial charge in [-0.3, -0.25) is 4.79 Å². The zero-order valence-electron chi connectivity index (χ0n) is 15.8. The van der Waals surface area contributed by atoms with Crippen molar-refractivity contribution in [3.05, 3.63) is 5.92 Å². The second-order valence-electron chi connectivity index (χ2n) is 7.49. The van der Waals surface area contributed by atoms with Crippen molar-refractivity contribution in [2.24, 2.45) is 17.3 Å². The van der Waals surface area contributed by atoms with Gasteiger partial charge in [0.1, 0.15) is 0 Å². The highest BCUT2D eigenvalue weighted by Crippen LogP contribution is 2.65. The van der Waals surface area contributed by atoms with Gasteiger partial charge in [0.05, 0.1) is 5.41 Å². The van der Waals surface area contributed by atoms with Crippen LogP contribution >= 0.6 is 0 Å². The number of fused-ring (bicyclic) bond motifs is 2. The maximum atomic E-state index is 12.1. The van der Waals surface area contributed by atoms with Crippen LogP contribution in [0, 0.1) is 23.2 Å². The SMILES string of the molecule is CCO[Si](OCC)(OCC)C1CC2CC1CC2(C[C](C)C)C(=O)O. The lowest BCUT2D eigenvalue weighted by Crippen LogP contribution is -2.53. The molecule has 2 saturated carbocycles. The van der Waals surface area contributed by atoms with E-state index in [1.54, 1.807) is 0 Å². The quantitative estimate of drug-likeness (QED) is 0.601. The van der Waals surface area contributed by atoms with Gasteiger partial charge in [0, 0.05) is 25.4 Å². The molecule has 24 heavy (non-hydrogen) atoms. The third-order valence-corrected chi connectivity index (χ3v) is 9.38. The molecule has 139 valence electrons. The van der Waals surface area contributed by atoms with Crippen LogP contribution in [-0.4, -0.2) is 39.7 Å². The molecular weight excluding hydrogens is 324 g/mol. The third kappa shape index (κ3) is 3.43. The van der Waals surface area contributed by atoms with E-state index >= 15 is 0 Å². The normalized spacial score (nSPS) is 32.7. The van der Waals surface area contributed by atoms with Crippen molar-refractivity contribution in [3.8, 4) is 0 Å². The fraction of sp³-hybridized carbons (Fsp3) is 0.889. The molecule has 1 N–H and O–H groups in total. The van der Waals surface area contributed by atoms with Crippen LogP contribution in [0.2, 0.25) is 5.54 Å². The molecule has 2 aliphatic rings. The van der Waals surface area contributed by atoms with Crippen molar-refractivity contribution in [1.82, 2.24) is 0 Å². The van der Waals surface area contributed by atoms with Gasteiger partial charge in [0.25, 0.3) is 0 Å². The van der Waals surface area contributed by atoms with Gasteiger partial charge in [0.15, 0.2) is 0 Å². The first-order chi connectivity index (χ1) is 11.3. The molecule has 1 radical (unpaired) electrons. The Morgan fingerprint density at radius 1 is 1.08 bits per heavy atom. The molecule has 2 rings (SSSR count). The molecule has 2 bridgehead atoms. The Balaban J connectivity index is 2.24. The van der Waals surface area contributed by atoms with Gasteiger partial charge >= 0.3 is 14.8 Å². The molecule has 5 nitrogen and oxygen atoms in total. The molecule has 0 heterocycles. The number of aliphatic carboxylic acids is 1. The number of hydrogen-bond acceptors (Lipinski definition) is 4. The first-order valence-electron chi connectivity index (χ1n) is 9.29. The van der Waals surface area contributed by atoms with Crippen LogP contribution in [0.25, 0.3) is 0 Å². The number of carbonyl (C=O) groups is 1. The molecule has 6 heteroatoms. The number of rotatable bonds is 10. The highest BCUT2D eigenvalue weighted by molar-refractivity contribution is 6.62. The molecule has 2 aliphatic carbocycles. The van der Waals surface area contributed by atoms with Crippen LogP contribution in [0.1, 0.15) is 60.3 Å². The first kappa shape index (κ1) is 19.9. The number of carboxylic acid groups (broad SMARTS) is 1. The summed E-state index contributed by atoms with van der Waals surface area (Å²) < 4.78 is 18.3. The molecule has 0 amide bonds. The van der Waals surface area contributed by atoms with Gasteiger partial charge in [-0.1, -0.05) is 13.8 Å². The van der Waals surface area contributed by atoms with E-state index in [1.165, 1.54) is 5.92 Å². The van der Waals surface area contributed by atoms with E-state index in [2.05, 4.69) is 0 Å². The molecule has 4 atom stereocenters. The zero-order chi connectivity index (χ0) is 18.0. The van der Waals surface area contributed by atoms with Gasteiger partial charge in [-0.25, -0.2) is 0 Å². The molecule has 0 aliphatic heterocycles. The van der Waals surface area contributed by atoms with E-state index in [0.717, 1.165) is 19.3 Å². The van der Waals surface area contributed by atoms with E-state index in [1.807, 2.05) is 34.6 Å². The summed E-state index contributed by atoms with van der Waals surface area (Å²) in [6.45, 7) is 11.7. The lowest BCUT2D eigenvalue weighted by atomic mass is 9.68. The predicted molar refractivity (Wildman–Crippen MR) is 94.5 cm³/mol. The monoisotopic (exact) mass is 357 g/mol. The fourth-order valence-electron chi connectivity index (χ4n) is 5.10.